The Morgan fingerprint density at radius 3 is 2.80 bits per heavy atom. The van der Waals surface area contributed by atoms with Gasteiger partial charge in [-0.25, -0.2) is 4.79 Å². The third-order valence-corrected chi connectivity index (χ3v) is 4.01. The molecule has 110 valence electrons. The number of nitrogens with one attached hydrogen (secondary N) is 1. The summed E-state index contributed by atoms with van der Waals surface area (Å²) in [5.74, 6) is 0.357. The Kier molecular flexibility index (Phi) is 5.13. The van der Waals surface area contributed by atoms with Gasteiger partial charge in [0.25, 0.3) is 0 Å². The number of carbonyl (C=O) groups excluding carboxylic acids is 1. The lowest BCUT2D eigenvalue weighted by Crippen LogP contribution is -2.41. The Hall–Kier alpha value is -0.970. The maximum absolute atomic E-state index is 11.9. The van der Waals surface area contributed by atoms with E-state index in [0.717, 1.165) is 18.4 Å². The van der Waals surface area contributed by atoms with Crippen LogP contribution in [0.3, 0.4) is 0 Å². The van der Waals surface area contributed by atoms with Gasteiger partial charge in [0.15, 0.2) is 0 Å². The maximum atomic E-state index is 11.9. The summed E-state index contributed by atoms with van der Waals surface area (Å²) in [4.78, 5) is 13.4. The molecule has 2 amide bonds. The van der Waals surface area contributed by atoms with Crippen LogP contribution >= 0.6 is 23.2 Å². The molecular weight excluding hydrogens is 299 g/mol. The van der Waals surface area contributed by atoms with Gasteiger partial charge in [-0.15, -0.1) is 0 Å². The van der Waals surface area contributed by atoms with Crippen LogP contribution in [0.15, 0.2) is 18.2 Å². The lowest BCUT2D eigenvalue weighted by molar-refractivity contribution is 0.113. The van der Waals surface area contributed by atoms with E-state index in [1.165, 1.54) is 4.90 Å². The van der Waals surface area contributed by atoms with E-state index in [4.69, 9.17) is 23.2 Å². The predicted molar refractivity (Wildman–Crippen MR) is 80.1 cm³/mol. The van der Waals surface area contributed by atoms with Crippen LogP contribution in [-0.4, -0.2) is 35.7 Å². The molecule has 1 fully saturated rings. The highest BCUT2D eigenvalue weighted by atomic mass is 35.5. The number of aliphatic hydroxyl groups excluding tert-OH is 1. The lowest BCUT2D eigenvalue weighted by atomic mass is 10.2. The van der Waals surface area contributed by atoms with Crippen molar-refractivity contribution in [1.29, 1.82) is 0 Å². The van der Waals surface area contributed by atoms with Crippen molar-refractivity contribution >= 4 is 29.2 Å². The molecule has 2 N–H and O–H groups in total. The third-order valence-electron chi connectivity index (χ3n) is 3.42. The van der Waals surface area contributed by atoms with Crippen molar-refractivity contribution in [3.63, 3.8) is 0 Å². The molecule has 1 atom stereocenters. The van der Waals surface area contributed by atoms with Crippen molar-refractivity contribution in [3.05, 3.63) is 33.8 Å². The molecule has 0 radical (unpaired) electrons. The fourth-order valence-corrected chi connectivity index (χ4v) is 2.44. The van der Waals surface area contributed by atoms with Crippen molar-refractivity contribution < 1.29 is 9.90 Å². The van der Waals surface area contributed by atoms with Crippen LogP contribution in [-0.2, 0) is 6.54 Å². The van der Waals surface area contributed by atoms with Gasteiger partial charge in [-0.05, 0) is 36.5 Å². The van der Waals surface area contributed by atoms with E-state index in [0.29, 0.717) is 29.1 Å². The zero-order chi connectivity index (χ0) is 14.7. The molecule has 0 aliphatic heterocycles. The summed E-state index contributed by atoms with van der Waals surface area (Å²) < 4.78 is 0. The number of urea groups is 1. The number of amides is 2. The first kappa shape index (κ1) is 15.4. The van der Waals surface area contributed by atoms with E-state index < -0.39 is 6.10 Å². The van der Waals surface area contributed by atoms with Gasteiger partial charge < -0.3 is 15.3 Å². The molecule has 4 nitrogen and oxygen atoms in total. The van der Waals surface area contributed by atoms with Crippen molar-refractivity contribution in [2.75, 3.05) is 13.6 Å². The molecule has 1 aromatic rings. The quantitative estimate of drug-likeness (QED) is 0.877. The van der Waals surface area contributed by atoms with E-state index in [2.05, 4.69) is 5.32 Å². The van der Waals surface area contributed by atoms with Gasteiger partial charge in [0.05, 0.1) is 6.10 Å². The number of carbonyl (C=O) groups is 1. The molecule has 0 saturated heterocycles. The van der Waals surface area contributed by atoms with Crippen molar-refractivity contribution in [3.8, 4) is 0 Å². The molecule has 1 aromatic carbocycles. The van der Waals surface area contributed by atoms with Gasteiger partial charge in [-0.3, -0.25) is 0 Å². The summed E-state index contributed by atoms with van der Waals surface area (Å²) in [6.07, 6.45) is 1.68. The van der Waals surface area contributed by atoms with Gasteiger partial charge in [-0.2, -0.15) is 0 Å². The van der Waals surface area contributed by atoms with Crippen LogP contribution in [0.1, 0.15) is 18.4 Å². The molecule has 0 heterocycles. The average molecular weight is 317 g/mol. The standard InChI is InChI=1S/C14H18Cl2N2O2/c1-18(8-13(19)9-2-3-9)14(20)17-7-10-4-5-11(15)6-12(10)16/h4-6,9,13,19H,2-3,7-8H2,1H3,(H,17,20). The van der Waals surface area contributed by atoms with Crippen LogP contribution in [0, 0.1) is 5.92 Å². The van der Waals surface area contributed by atoms with E-state index >= 15 is 0 Å². The second-order valence-corrected chi connectivity index (χ2v) is 6.02. The largest absolute Gasteiger partial charge is 0.391 e. The van der Waals surface area contributed by atoms with Crippen LogP contribution < -0.4 is 5.32 Å². The molecule has 0 aromatic heterocycles. The number of aliphatic hydroxyl groups is 1. The molecule has 20 heavy (non-hydrogen) atoms. The maximum Gasteiger partial charge on any atom is 0.317 e. The molecule has 6 heteroatoms. The second-order valence-electron chi connectivity index (χ2n) is 5.18. The van der Waals surface area contributed by atoms with Gasteiger partial charge in [0.1, 0.15) is 0 Å². The summed E-state index contributed by atoms with van der Waals surface area (Å²) in [6.45, 7) is 0.684. The van der Waals surface area contributed by atoms with Gasteiger partial charge in [0, 0.05) is 30.2 Å². The van der Waals surface area contributed by atoms with Crippen LogP contribution in [0.25, 0.3) is 0 Å². The minimum absolute atomic E-state index is 0.226. The average Bonchev–Trinajstić information content (AvgIpc) is 3.21. The first-order valence-electron chi connectivity index (χ1n) is 6.58. The zero-order valence-corrected chi connectivity index (χ0v) is 12.8. The second kappa shape index (κ2) is 6.66. The third kappa shape index (κ3) is 4.27. The van der Waals surface area contributed by atoms with Crippen molar-refractivity contribution in [2.24, 2.45) is 5.92 Å². The highest BCUT2D eigenvalue weighted by Gasteiger charge is 2.31. The smallest absolute Gasteiger partial charge is 0.317 e. The fraction of sp³-hybridized carbons (Fsp3) is 0.500. The highest BCUT2D eigenvalue weighted by molar-refractivity contribution is 6.35. The van der Waals surface area contributed by atoms with E-state index in [9.17, 15) is 9.90 Å². The van der Waals surface area contributed by atoms with Gasteiger partial charge in [-0.1, -0.05) is 29.3 Å². The minimum atomic E-state index is -0.426. The Balaban J connectivity index is 1.81. The molecule has 1 aliphatic rings. The number of rotatable bonds is 5. The summed E-state index contributed by atoms with van der Waals surface area (Å²) >= 11 is 11.9. The van der Waals surface area contributed by atoms with E-state index in [1.54, 1.807) is 25.2 Å². The predicted octanol–water partition coefficient (Wildman–Crippen LogP) is 2.91. The minimum Gasteiger partial charge on any atom is -0.391 e. The van der Waals surface area contributed by atoms with Gasteiger partial charge >= 0.3 is 6.03 Å². The van der Waals surface area contributed by atoms with Crippen molar-refractivity contribution in [1.82, 2.24) is 10.2 Å². The molecule has 2 rings (SSSR count). The normalized spacial score (nSPS) is 15.8. The number of nitrogens with zero attached hydrogens (tertiary/aromatic N) is 1. The Labute approximate surface area is 128 Å². The topological polar surface area (TPSA) is 52.6 Å². The number of benzene rings is 1. The van der Waals surface area contributed by atoms with Crippen molar-refractivity contribution in [2.45, 2.75) is 25.5 Å². The zero-order valence-electron chi connectivity index (χ0n) is 11.3. The monoisotopic (exact) mass is 316 g/mol. The summed E-state index contributed by atoms with van der Waals surface area (Å²) in [5.41, 5.74) is 0.806. The summed E-state index contributed by atoms with van der Waals surface area (Å²) in [7, 11) is 1.67. The van der Waals surface area contributed by atoms with Gasteiger partial charge in [0.2, 0.25) is 0 Å². The fourth-order valence-electron chi connectivity index (χ4n) is 1.96. The number of likely N-dealkylation sites (N-methyl/N-ethyl adjacent to an activating group) is 1. The Morgan fingerprint density at radius 1 is 1.50 bits per heavy atom. The first-order valence-corrected chi connectivity index (χ1v) is 7.34. The molecule has 0 bridgehead atoms. The summed E-state index contributed by atoms with van der Waals surface area (Å²) in [6, 6.07) is 4.93. The van der Waals surface area contributed by atoms with E-state index in [-0.39, 0.29) is 6.03 Å². The van der Waals surface area contributed by atoms with Crippen LogP contribution in [0.2, 0.25) is 10.0 Å². The molecule has 1 unspecified atom stereocenters. The molecule has 1 saturated carbocycles. The lowest BCUT2D eigenvalue weighted by Gasteiger charge is -2.21. The highest BCUT2D eigenvalue weighted by Crippen LogP contribution is 2.32. The molecule has 0 spiro atoms. The number of hydrogen-bond acceptors (Lipinski definition) is 2. The Bertz CT molecular complexity index is 492. The van der Waals surface area contributed by atoms with E-state index in [1.807, 2.05) is 0 Å². The number of halogens is 2. The Morgan fingerprint density at radius 2 is 2.20 bits per heavy atom. The SMILES string of the molecule is CN(CC(O)C1CC1)C(=O)NCc1ccc(Cl)cc1Cl. The van der Waals surface area contributed by atoms with Crippen LogP contribution in [0.4, 0.5) is 4.79 Å². The molecule has 1 aliphatic carbocycles. The first-order chi connectivity index (χ1) is 9.47. The van der Waals surface area contributed by atoms with Crippen LogP contribution in [0.5, 0.6) is 0 Å². The molecular formula is C14H18Cl2N2O2. The summed E-state index contributed by atoms with van der Waals surface area (Å²) in [5, 5.41) is 13.7. The number of hydrogen-bond donors (Lipinski definition) is 2.